The van der Waals surface area contributed by atoms with Crippen LogP contribution >= 0.6 is 12.2 Å². The molecule has 1 fully saturated rings. The fourth-order valence-electron chi connectivity index (χ4n) is 2.40. The van der Waals surface area contributed by atoms with E-state index in [1.54, 1.807) is 0 Å². The van der Waals surface area contributed by atoms with E-state index in [-0.39, 0.29) is 6.10 Å². The number of hydrogen-bond acceptors (Lipinski definition) is 4. The Bertz CT molecular complexity index is 635. The topological polar surface area (TPSA) is 34.7 Å². The standard InChI is InChI=1S/C13H18N4OS/c1-10-8-18-11(2)7-15(10)9-17-13(19)16-6-4-3-5-12(16)14-17/h3-6,10-11H,7-9H2,1-2H3. The van der Waals surface area contributed by atoms with Crippen molar-refractivity contribution in [3.63, 3.8) is 0 Å². The van der Waals surface area contributed by atoms with Crippen molar-refractivity contribution in [1.82, 2.24) is 19.1 Å². The molecule has 1 aliphatic heterocycles. The zero-order valence-electron chi connectivity index (χ0n) is 11.2. The molecule has 3 heterocycles. The lowest BCUT2D eigenvalue weighted by molar-refractivity contribution is -0.0624. The number of hydrogen-bond donors (Lipinski definition) is 0. The molecule has 2 unspecified atom stereocenters. The summed E-state index contributed by atoms with van der Waals surface area (Å²) < 4.78 is 10.2. The molecule has 2 aromatic rings. The normalized spacial score (nSPS) is 24.9. The minimum absolute atomic E-state index is 0.266. The van der Waals surface area contributed by atoms with Gasteiger partial charge in [0.25, 0.3) is 0 Å². The van der Waals surface area contributed by atoms with Crippen LogP contribution in [0.4, 0.5) is 0 Å². The molecule has 0 N–H and O–H groups in total. The lowest BCUT2D eigenvalue weighted by atomic mass is 10.2. The Morgan fingerprint density at radius 2 is 2.26 bits per heavy atom. The molecular weight excluding hydrogens is 260 g/mol. The molecule has 0 spiro atoms. The molecule has 5 nitrogen and oxygen atoms in total. The van der Waals surface area contributed by atoms with Crippen LogP contribution in [0.5, 0.6) is 0 Å². The molecule has 1 saturated heterocycles. The van der Waals surface area contributed by atoms with Gasteiger partial charge in [0.05, 0.1) is 19.4 Å². The van der Waals surface area contributed by atoms with E-state index >= 15 is 0 Å². The van der Waals surface area contributed by atoms with E-state index in [4.69, 9.17) is 17.0 Å². The smallest absolute Gasteiger partial charge is 0.203 e. The maximum Gasteiger partial charge on any atom is 0.203 e. The maximum absolute atomic E-state index is 5.64. The van der Waals surface area contributed by atoms with Crippen LogP contribution in [-0.2, 0) is 11.4 Å². The molecule has 0 saturated carbocycles. The molecule has 0 bridgehead atoms. The van der Waals surface area contributed by atoms with Gasteiger partial charge in [0.2, 0.25) is 4.77 Å². The summed E-state index contributed by atoms with van der Waals surface area (Å²) in [5.41, 5.74) is 0.890. The zero-order valence-corrected chi connectivity index (χ0v) is 12.0. The number of morpholine rings is 1. The van der Waals surface area contributed by atoms with Crippen LogP contribution in [-0.4, -0.2) is 44.4 Å². The molecule has 1 aliphatic rings. The van der Waals surface area contributed by atoms with Crippen LogP contribution in [0.2, 0.25) is 0 Å². The van der Waals surface area contributed by atoms with E-state index in [1.165, 1.54) is 0 Å². The van der Waals surface area contributed by atoms with Gasteiger partial charge in [-0.2, -0.15) is 5.10 Å². The Morgan fingerprint density at radius 1 is 1.42 bits per heavy atom. The number of pyridine rings is 1. The van der Waals surface area contributed by atoms with Crippen LogP contribution in [0, 0.1) is 4.77 Å². The lowest BCUT2D eigenvalue weighted by Gasteiger charge is -2.36. The van der Waals surface area contributed by atoms with Gasteiger partial charge in [-0.05, 0) is 38.2 Å². The van der Waals surface area contributed by atoms with Crippen LogP contribution in [0.15, 0.2) is 24.4 Å². The summed E-state index contributed by atoms with van der Waals surface area (Å²) in [5.74, 6) is 0. The SMILES string of the molecule is CC1CN(Cn2nc3ccccn3c2=S)C(C)CO1. The Kier molecular flexibility index (Phi) is 3.38. The van der Waals surface area contributed by atoms with E-state index in [0.717, 1.165) is 30.2 Å². The van der Waals surface area contributed by atoms with Gasteiger partial charge in [0.1, 0.15) is 0 Å². The van der Waals surface area contributed by atoms with E-state index in [2.05, 4.69) is 23.8 Å². The summed E-state index contributed by atoms with van der Waals surface area (Å²) in [6.07, 6.45) is 2.22. The average Bonchev–Trinajstić information content (AvgIpc) is 2.72. The van der Waals surface area contributed by atoms with Crippen molar-refractivity contribution in [2.24, 2.45) is 0 Å². The van der Waals surface area contributed by atoms with E-state index in [0.29, 0.717) is 6.04 Å². The molecule has 102 valence electrons. The first kappa shape index (κ1) is 12.8. The van der Waals surface area contributed by atoms with Crippen molar-refractivity contribution in [3.05, 3.63) is 29.2 Å². The third-order valence-electron chi connectivity index (χ3n) is 3.54. The van der Waals surface area contributed by atoms with Gasteiger partial charge in [-0.15, -0.1) is 0 Å². The average molecular weight is 278 g/mol. The van der Waals surface area contributed by atoms with Crippen molar-refractivity contribution in [1.29, 1.82) is 0 Å². The second kappa shape index (κ2) is 5.03. The summed E-state index contributed by atoms with van der Waals surface area (Å²) >= 11 is 5.47. The highest BCUT2D eigenvalue weighted by Gasteiger charge is 2.24. The second-order valence-electron chi connectivity index (χ2n) is 5.12. The minimum Gasteiger partial charge on any atom is -0.376 e. The quantitative estimate of drug-likeness (QED) is 0.786. The number of aromatic nitrogens is 3. The molecule has 0 aliphatic carbocycles. The molecule has 19 heavy (non-hydrogen) atoms. The fourth-order valence-corrected chi connectivity index (χ4v) is 2.65. The third-order valence-corrected chi connectivity index (χ3v) is 3.95. The molecule has 0 aromatic carbocycles. The number of fused-ring (bicyclic) bond motifs is 1. The maximum atomic E-state index is 5.64. The second-order valence-corrected chi connectivity index (χ2v) is 5.48. The van der Waals surface area contributed by atoms with Gasteiger partial charge in [-0.25, -0.2) is 4.68 Å². The number of ether oxygens (including phenoxy) is 1. The highest BCUT2D eigenvalue weighted by Crippen LogP contribution is 2.13. The van der Waals surface area contributed by atoms with Gasteiger partial charge in [-0.1, -0.05) is 6.07 Å². The first-order valence-corrected chi connectivity index (χ1v) is 6.96. The van der Waals surface area contributed by atoms with Crippen molar-refractivity contribution >= 4 is 17.9 Å². The van der Waals surface area contributed by atoms with Crippen LogP contribution in [0.1, 0.15) is 13.8 Å². The summed E-state index contributed by atoms with van der Waals surface area (Å²) in [6, 6.07) is 6.30. The van der Waals surface area contributed by atoms with Gasteiger partial charge in [-0.3, -0.25) is 9.30 Å². The van der Waals surface area contributed by atoms with E-state index < -0.39 is 0 Å². The molecule has 0 radical (unpaired) electrons. The van der Waals surface area contributed by atoms with Gasteiger partial charge in [0.15, 0.2) is 5.65 Å². The van der Waals surface area contributed by atoms with Crippen molar-refractivity contribution < 1.29 is 4.74 Å². The molecule has 0 amide bonds. The minimum atomic E-state index is 0.266. The molecule has 3 rings (SSSR count). The van der Waals surface area contributed by atoms with Gasteiger partial charge < -0.3 is 4.74 Å². The van der Waals surface area contributed by atoms with E-state index in [1.807, 2.05) is 33.5 Å². The summed E-state index contributed by atoms with van der Waals surface area (Å²) in [7, 11) is 0. The highest BCUT2D eigenvalue weighted by molar-refractivity contribution is 7.71. The molecule has 2 atom stereocenters. The highest BCUT2D eigenvalue weighted by atomic mass is 32.1. The third kappa shape index (κ3) is 2.43. The number of nitrogens with zero attached hydrogens (tertiary/aromatic N) is 4. The van der Waals surface area contributed by atoms with Crippen molar-refractivity contribution in [3.8, 4) is 0 Å². The fraction of sp³-hybridized carbons (Fsp3) is 0.538. The predicted molar refractivity (Wildman–Crippen MR) is 75.6 cm³/mol. The summed E-state index contributed by atoms with van der Waals surface area (Å²) in [4.78, 5) is 2.36. The van der Waals surface area contributed by atoms with Crippen molar-refractivity contribution in [2.75, 3.05) is 13.2 Å². The Balaban J connectivity index is 1.88. The predicted octanol–water partition coefficient (Wildman–Crippen LogP) is 1.93. The van der Waals surface area contributed by atoms with Crippen LogP contribution in [0.3, 0.4) is 0 Å². The molecule has 6 heteroatoms. The first-order valence-electron chi connectivity index (χ1n) is 6.55. The Labute approximate surface area is 117 Å². The van der Waals surface area contributed by atoms with Gasteiger partial charge in [0, 0.05) is 18.8 Å². The summed E-state index contributed by atoms with van der Waals surface area (Å²) in [6.45, 7) is 6.67. The van der Waals surface area contributed by atoms with Gasteiger partial charge >= 0.3 is 0 Å². The van der Waals surface area contributed by atoms with Crippen molar-refractivity contribution in [2.45, 2.75) is 32.7 Å². The molecular formula is C13H18N4OS. The largest absolute Gasteiger partial charge is 0.376 e. The van der Waals surface area contributed by atoms with Crippen LogP contribution in [0.25, 0.3) is 5.65 Å². The van der Waals surface area contributed by atoms with Crippen LogP contribution < -0.4 is 0 Å². The molecule has 2 aromatic heterocycles. The lowest BCUT2D eigenvalue weighted by Crippen LogP contribution is -2.47. The zero-order chi connectivity index (χ0) is 13.4. The Hall–Kier alpha value is -1.24. The monoisotopic (exact) mass is 278 g/mol. The number of rotatable bonds is 2. The van der Waals surface area contributed by atoms with E-state index in [9.17, 15) is 0 Å². The first-order chi connectivity index (χ1) is 9.15. The summed E-state index contributed by atoms with van der Waals surface area (Å²) in [5, 5.41) is 4.56. The Morgan fingerprint density at radius 3 is 3.05 bits per heavy atom.